The second-order valence-electron chi connectivity index (χ2n) is 5.60. The van der Waals surface area contributed by atoms with Gasteiger partial charge in [0.05, 0.1) is 4.88 Å². The van der Waals surface area contributed by atoms with Crippen molar-refractivity contribution in [1.82, 2.24) is 10.2 Å². The van der Waals surface area contributed by atoms with Gasteiger partial charge in [-0.2, -0.15) is 0 Å². The molecule has 1 aliphatic heterocycles. The number of amides is 2. The Hall–Kier alpha value is -2.05. The van der Waals surface area contributed by atoms with E-state index in [9.17, 15) is 9.59 Å². The number of nitrogens with zero attached hydrogens (tertiary/aromatic N) is 1. The van der Waals surface area contributed by atoms with E-state index in [0.717, 1.165) is 11.1 Å². The molecule has 0 fully saturated rings. The number of carbonyl (C=O) groups is 2. The molecule has 0 saturated heterocycles. The lowest BCUT2D eigenvalue weighted by Gasteiger charge is -2.20. The minimum absolute atomic E-state index is 0.00724. The highest BCUT2D eigenvalue weighted by Crippen LogP contribution is 2.26. The van der Waals surface area contributed by atoms with Crippen LogP contribution in [0.4, 0.5) is 0 Å². The first-order valence-corrected chi connectivity index (χ1v) is 8.81. The van der Waals surface area contributed by atoms with Gasteiger partial charge in [0, 0.05) is 30.2 Å². The number of carbonyl (C=O) groups excluding carboxylic acids is 2. The van der Waals surface area contributed by atoms with Crippen molar-refractivity contribution in [3.8, 4) is 5.75 Å². The standard InChI is InChI=1S/C17H17ClN2O3S/c1-11-6-15(24-10-11)17(22)19-4-5-20-8-12-7-13(18)2-3-14(12)23-9-16(20)21/h2-3,6-7,10H,4-5,8-9H2,1H3,(H,19,22). The third-order valence-electron chi connectivity index (χ3n) is 3.71. The molecule has 0 atom stereocenters. The maximum absolute atomic E-state index is 12.2. The van der Waals surface area contributed by atoms with E-state index in [2.05, 4.69) is 5.32 Å². The summed E-state index contributed by atoms with van der Waals surface area (Å²) < 4.78 is 5.51. The predicted octanol–water partition coefficient (Wildman–Crippen LogP) is 2.86. The van der Waals surface area contributed by atoms with Crippen molar-refractivity contribution in [1.29, 1.82) is 0 Å². The minimum atomic E-state index is -0.116. The molecular formula is C17H17ClN2O3S. The summed E-state index contributed by atoms with van der Waals surface area (Å²) in [5.74, 6) is 0.451. The Balaban J connectivity index is 1.59. The summed E-state index contributed by atoms with van der Waals surface area (Å²) in [4.78, 5) is 26.6. The maximum atomic E-state index is 12.2. The van der Waals surface area contributed by atoms with Crippen LogP contribution in [-0.4, -0.2) is 36.4 Å². The number of thiophene rings is 1. The van der Waals surface area contributed by atoms with Crippen LogP contribution >= 0.6 is 22.9 Å². The van der Waals surface area contributed by atoms with E-state index in [1.54, 1.807) is 23.1 Å². The first-order valence-electron chi connectivity index (χ1n) is 7.55. The van der Waals surface area contributed by atoms with E-state index in [-0.39, 0.29) is 18.4 Å². The van der Waals surface area contributed by atoms with Crippen LogP contribution in [0.25, 0.3) is 0 Å². The number of benzene rings is 1. The van der Waals surface area contributed by atoms with Gasteiger partial charge in [-0.05, 0) is 42.1 Å². The highest BCUT2D eigenvalue weighted by atomic mass is 35.5. The van der Waals surface area contributed by atoms with E-state index in [1.165, 1.54) is 11.3 Å². The van der Waals surface area contributed by atoms with Crippen LogP contribution in [0.5, 0.6) is 5.75 Å². The second kappa shape index (κ2) is 7.23. The molecular weight excluding hydrogens is 348 g/mol. The molecule has 0 unspecified atom stereocenters. The van der Waals surface area contributed by atoms with E-state index in [4.69, 9.17) is 16.3 Å². The van der Waals surface area contributed by atoms with Gasteiger partial charge in [-0.1, -0.05) is 11.6 Å². The molecule has 24 heavy (non-hydrogen) atoms. The summed E-state index contributed by atoms with van der Waals surface area (Å²) in [7, 11) is 0. The number of hydrogen-bond acceptors (Lipinski definition) is 4. The van der Waals surface area contributed by atoms with E-state index >= 15 is 0 Å². The van der Waals surface area contributed by atoms with Gasteiger partial charge in [-0.25, -0.2) is 0 Å². The summed E-state index contributed by atoms with van der Waals surface area (Å²) in [6, 6.07) is 7.16. The van der Waals surface area contributed by atoms with Crippen LogP contribution in [-0.2, 0) is 11.3 Å². The van der Waals surface area contributed by atoms with Crippen LogP contribution < -0.4 is 10.1 Å². The molecule has 0 spiro atoms. The zero-order chi connectivity index (χ0) is 17.1. The van der Waals surface area contributed by atoms with Crippen molar-refractivity contribution in [3.05, 3.63) is 50.7 Å². The number of hydrogen-bond donors (Lipinski definition) is 1. The van der Waals surface area contributed by atoms with Crippen LogP contribution in [0.3, 0.4) is 0 Å². The molecule has 0 radical (unpaired) electrons. The van der Waals surface area contributed by atoms with Gasteiger partial charge in [0.1, 0.15) is 5.75 Å². The van der Waals surface area contributed by atoms with Crippen molar-refractivity contribution >= 4 is 34.8 Å². The Morgan fingerprint density at radius 1 is 1.42 bits per heavy atom. The molecule has 0 bridgehead atoms. The molecule has 2 heterocycles. The number of aryl methyl sites for hydroxylation is 1. The molecule has 7 heteroatoms. The fourth-order valence-corrected chi connectivity index (χ4v) is 3.49. The van der Waals surface area contributed by atoms with Crippen molar-refractivity contribution < 1.29 is 14.3 Å². The number of halogens is 1. The zero-order valence-corrected chi connectivity index (χ0v) is 14.7. The monoisotopic (exact) mass is 364 g/mol. The molecule has 5 nitrogen and oxygen atoms in total. The highest BCUT2D eigenvalue weighted by molar-refractivity contribution is 7.12. The lowest BCUT2D eigenvalue weighted by atomic mass is 10.2. The quantitative estimate of drug-likeness (QED) is 0.907. The Morgan fingerprint density at radius 2 is 2.25 bits per heavy atom. The van der Waals surface area contributed by atoms with E-state index < -0.39 is 0 Å². The van der Waals surface area contributed by atoms with Crippen molar-refractivity contribution in [2.45, 2.75) is 13.5 Å². The van der Waals surface area contributed by atoms with Gasteiger partial charge in [0.25, 0.3) is 11.8 Å². The normalized spacial score (nSPS) is 13.9. The number of rotatable bonds is 4. The third kappa shape index (κ3) is 3.88. The SMILES string of the molecule is Cc1csc(C(=O)NCCN2Cc3cc(Cl)ccc3OCC2=O)c1. The summed E-state index contributed by atoms with van der Waals surface area (Å²) in [5.41, 5.74) is 1.94. The molecule has 1 aromatic carbocycles. The Morgan fingerprint density at radius 3 is 3.00 bits per heavy atom. The van der Waals surface area contributed by atoms with Gasteiger partial charge in [-0.15, -0.1) is 11.3 Å². The van der Waals surface area contributed by atoms with E-state index in [0.29, 0.717) is 35.3 Å². The fourth-order valence-electron chi connectivity index (χ4n) is 2.48. The Kier molecular flexibility index (Phi) is 5.06. The molecule has 126 valence electrons. The molecule has 1 aromatic heterocycles. The molecule has 0 aliphatic carbocycles. The molecule has 3 rings (SSSR count). The molecule has 2 aromatic rings. The topological polar surface area (TPSA) is 58.6 Å². The third-order valence-corrected chi connectivity index (χ3v) is 4.99. The first-order chi connectivity index (χ1) is 11.5. The highest BCUT2D eigenvalue weighted by Gasteiger charge is 2.21. The summed E-state index contributed by atoms with van der Waals surface area (Å²) in [6.07, 6.45) is 0. The van der Waals surface area contributed by atoms with Gasteiger partial charge in [-0.3, -0.25) is 9.59 Å². The van der Waals surface area contributed by atoms with Crippen LogP contribution in [0.2, 0.25) is 5.02 Å². The average Bonchev–Trinajstić information content (AvgIpc) is 2.92. The van der Waals surface area contributed by atoms with Crippen LogP contribution in [0, 0.1) is 6.92 Å². The van der Waals surface area contributed by atoms with Gasteiger partial charge in [0.2, 0.25) is 0 Å². The van der Waals surface area contributed by atoms with Crippen molar-refractivity contribution in [2.75, 3.05) is 19.7 Å². The maximum Gasteiger partial charge on any atom is 0.261 e. The summed E-state index contributed by atoms with van der Waals surface area (Å²) in [6.45, 7) is 3.17. The Bertz CT molecular complexity index is 775. The molecule has 0 saturated carbocycles. The molecule has 1 N–H and O–H groups in total. The smallest absolute Gasteiger partial charge is 0.261 e. The van der Waals surface area contributed by atoms with Crippen molar-refractivity contribution in [2.24, 2.45) is 0 Å². The summed E-state index contributed by atoms with van der Waals surface area (Å²) >= 11 is 7.43. The van der Waals surface area contributed by atoms with Crippen molar-refractivity contribution in [3.63, 3.8) is 0 Å². The first kappa shape index (κ1) is 16.8. The largest absolute Gasteiger partial charge is 0.483 e. The predicted molar refractivity (Wildman–Crippen MR) is 93.8 cm³/mol. The van der Waals surface area contributed by atoms with Crippen LogP contribution in [0.15, 0.2) is 29.6 Å². The zero-order valence-electron chi connectivity index (χ0n) is 13.2. The lowest BCUT2D eigenvalue weighted by Crippen LogP contribution is -2.39. The van der Waals surface area contributed by atoms with E-state index in [1.807, 2.05) is 18.4 Å². The van der Waals surface area contributed by atoms with Crippen LogP contribution in [0.1, 0.15) is 20.8 Å². The summed E-state index contributed by atoms with van der Waals surface area (Å²) in [5, 5.41) is 5.39. The fraction of sp³-hybridized carbons (Fsp3) is 0.294. The minimum Gasteiger partial charge on any atom is -0.483 e. The Labute approximate surface area is 149 Å². The van der Waals surface area contributed by atoms with Gasteiger partial charge < -0.3 is 15.0 Å². The number of fused-ring (bicyclic) bond motifs is 1. The number of nitrogens with one attached hydrogen (secondary N) is 1. The molecule has 2 amide bonds. The second-order valence-corrected chi connectivity index (χ2v) is 6.95. The molecule has 1 aliphatic rings. The average molecular weight is 365 g/mol. The van der Waals surface area contributed by atoms with Gasteiger partial charge >= 0.3 is 0 Å². The number of ether oxygens (including phenoxy) is 1. The van der Waals surface area contributed by atoms with Gasteiger partial charge in [0.15, 0.2) is 6.61 Å². The lowest BCUT2D eigenvalue weighted by molar-refractivity contribution is -0.133.